The van der Waals surface area contributed by atoms with Crippen LogP contribution in [0.1, 0.15) is 28.0 Å². The number of nitrogens with zero attached hydrogens (tertiary/aromatic N) is 1. The molecular formula is C8H5BrF2INO2. The third kappa shape index (κ3) is 2.63. The van der Waals surface area contributed by atoms with Crippen molar-refractivity contribution in [2.75, 3.05) is 0 Å². The van der Waals surface area contributed by atoms with Gasteiger partial charge in [0, 0.05) is 11.5 Å². The minimum atomic E-state index is -2.83. The fraction of sp³-hybridized carbons (Fsp3) is 0.250. The van der Waals surface area contributed by atoms with E-state index in [9.17, 15) is 13.6 Å². The number of aromatic nitrogens is 1. The minimum absolute atomic E-state index is 0.245. The monoisotopic (exact) mass is 391 g/mol. The quantitative estimate of drug-likeness (QED) is 0.635. The maximum absolute atomic E-state index is 12.5. The first kappa shape index (κ1) is 12.8. The predicted octanol–water partition coefficient (Wildman–Crippen LogP) is 3.22. The third-order valence-electron chi connectivity index (χ3n) is 1.70. The van der Waals surface area contributed by atoms with Gasteiger partial charge in [0.1, 0.15) is 0 Å². The van der Waals surface area contributed by atoms with Crippen LogP contribution in [-0.2, 0) is 5.33 Å². The lowest BCUT2D eigenvalue weighted by Crippen LogP contribution is -2.09. The number of carboxylic acids is 1. The summed E-state index contributed by atoms with van der Waals surface area (Å²) in [4.78, 5) is 14.6. The molecule has 0 radical (unpaired) electrons. The molecule has 0 aliphatic heterocycles. The van der Waals surface area contributed by atoms with Crippen LogP contribution in [0.5, 0.6) is 0 Å². The number of hydrogen-bond acceptors (Lipinski definition) is 2. The van der Waals surface area contributed by atoms with E-state index in [0.717, 1.165) is 6.20 Å². The first-order chi connectivity index (χ1) is 6.99. The van der Waals surface area contributed by atoms with Crippen molar-refractivity contribution in [3.05, 3.63) is 26.6 Å². The summed E-state index contributed by atoms with van der Waals surface area (Å²) in [7, 11) is 0. The largest absolute Gasteiger partial charge is 0.478 e. The van der Waals surface area contributed by atoms with Crippen molar-refractivity contribution in [1.82, 2.24) is 4.98 Å². The molecule has 82 valence electrons. The van der Waals surface area contributed by atoms with Gasteiger partial charge in [-0.15, -0.1) is 0 Å². The lowest BCUT2D eigenvalue weighted by Gasteiger charge is -2.09. The van der Waals surface area contributed by atoms with Gasteiger partial charge in [-0.05, 0) is 22.6 Å². The molecule has 0 aliphatic carbocycles. The van der Waals surface area contributed by atoms with Gasteiger partial charge in [0.2, 0.25) is 0 Å². The van der Waals surface area contributed by atoms with Crippen molar-refractivity contribution >= 4 is 44.5 Å². The Morgan fingerprint density at radius 3 is 2.67 bits per heavy atom. The molecular weight excluding hydrogens is 387 g/mol. The Morgan fingerprint density at radius 1 is 1.67 bits per heavy atom. The van der Waals surface area contributed by atoms with E-state index < -0.39 is 18.0 Å². The van der Waals surface area contributed by atoms with Crippen LogP contribution in [0.4, 0.5) is 8.78 Å². The average Bonchev–Trinajstić information content (AvgIpc) is 2.16. The average molecular weight is 392 g/mol. The lowest BCUT2D eigenvalue weighted by molar-refractivity contribution is 0.0682. The molecule has 1 N–H and O–H groups in total. The first-order valence-corrected chi connectivity index (χ1v) is 5.93. The summed E-state index contributed by atoms with van der Waals surface area (Å²) in [6.07, 6.45) is -1.92. The summed E-state index contributed by atoms with van der Waals surface area (Å²) in [5.41, 5.74) is -0.468. The van der Waals surface area contributed by atoms with Crippen LogP contribution in [0.3, 0.4) is 0 Å². The van der Waals surface area contributed by atoms with Crippen molar-refractivity contribution < 1.29 is 18.7 Å². The van der Waals surface area contributed by atoms with Crippen molar-refractivity contribution in [3.8, 4) is 0 Å². The van der Waals surface area contributed by atoms with E-state index in [-0.39, 0.29) is 9.13 Å². The molecule has 0 atom stereocenters. The highest BCUT2D eigenvalue weighted by Gasteiger charge is 2.23. The molecule has 1 aromatic heterocycles. The number of halogens is 4. The summed E-state index contributed by atoms with van der Waals surface area (Å²) in [6.45, 7) is 0. The van der Waals surface area contributed by atoms with Crippen LogP contribution in [0, 0.1) is 3.57 Å². The second-order valence-electron chi connectivity index (χ2n) is 2.59. The second-order valence-corrected chi connectivity index (χ2v) is 4.23. The van der Waals surface area contributed by atoms with E-state index in [1.54, 1.807) is 22.6 Å². The maximum atomic E-state index is 12.5. The van der Waals surface area contributed by atoms with Crippen LogP contribution in [-0.4, -0.2) is 16.1 Å². The fourth-order valence-corrected chi connectivity index (χ4v) is 2.84. The zero-order valence-electron chi connectivity index (χ0n) is 7.18. The minimum Gasteiger partial charge on any atom is -0.478 e. The molecule has 7 heteroatoms. The van der Waals surface area contributed by atoms with E-state index in [0.29, 0.717) is 11.0 Å². The molecule has 0 fully saturated rings. The number of carboxylic acid groups (broad SMARTS) is 1. The number of hydrogen-bond donors (Lipinski definition) is 1. The van der Waals surface area contributed by atoms with Crippen molar-refractivity contribution in [2.45, 2.75) is 11.8 Å². The number of alkyl halides is 3. The Kier molecular flexibility index (Phi) is 4.38. The standard InChI is InChI=1S/C8H5BrF2INO2/c9-1-4-6(12)5(8(14)15)3(2-13-4)7(10)11/h2,7H,1H2,(H,14,15). The zero-order valence-corrected chi connectivity index (χ0v) is 10.9. The summed E-state index contributed by atoms with van der Waals surface area (Å²) in [5.74, 6) is -1.36. The smallest absolute Gasteiger partial charge is 0.337 e. The maximum Gasteiger partial charge on any atom is 0.337 e. The SMILES string of the molecule is O=C(O)c1c(C(F)F)cnc(CBr)c1I. The number of pyridine rings is 1. The Balaban J connectivity index is 3.44. The van der Waals surface area contributed by atoms with Crippen LogP contribution >= 0.6 is 38.5 Å². The molecule has 3 nitrogen and oxygen atoms in total. The van der Waals surface area contributed by atoms with Gasteiger partial charge in [-0.1, -0.05) is 15.9 Å². The number of rotatable bonds is 3. The number of carbonyl (C=O) groups is 1. The Labute approximate surface area is 106 Å². The van der Waals surface area contributed by atoms with Crippen molar-refractivity contribution in [2.24, 2.45) is 0 Å². The van der Waals surface area contributed by atoms with Gasteiger partial charge in [0.25, 0.3) is 6.43 Å². The van der Waals surface area contributed by atoms with Crippen LogP contribution in [0.15, 0.2) is 6.20 Å². The highest BCUT2D eigenvalue weighted by Crippen LogP contribution is 2.28. The van der Waals surface area contributed by atoms with Gasteiger partial charge >= 0.3 is 5.97 Å². The molecule has 0 saturated carbocycles. The highest BCUT2D eigenvalue weighted by molar-refractivity contribution is 14.1. The highest BCUT2D eigenvalue weighted by atomic mass is 127. The van der Waals surface area contributed by atoms with E-state index in [2.05, 4.69) is 20.9 Å². The van der Waals surface area contributed by atoms with Gasteiger partial charge in [0.15, 0.2) is 0 Å². The van der Waals surface area contributed by atoms with Crippen molar-refractivity contribution in [1.29, 1.82) is 0 Å². The Hall–Kier alpha value is -0.310. The van der Waals surface area contributed by atoms with Crippen LogP contribution in [0.25, 0.3) is 0 Å². The zero-order chi connectivity index (χ0) is 11.6. The Morgan fingerprint density at radius 2 is 2.27 bits per heavy atom. The Bertz CT molecular complexity index is 400. The topological polar surface area (TPSA) is 50.2 Å². The third-order valence-corrected chi connectivity index (χ3v) is 3.39. The fourth-order valence-electron chi connectivity index (χ4n) is 1.02. The summed E-state index contributed by atoms with van der Waals surface area (Å²) >= 11 is 4.81. The van der Waals surface area contributed by atoms with Gasteiger partial charge in [-0.25, -0.2) is 13.6 Å². The molecule has 0 aromatic carbocycles. The van der Waals surface area contributed by atoms with Gasteiger partial charge in [0.05, 0.1) is 20.4 Å². The van der Waals surface area contributed by atoms with Gasteiger partial charge in [-0.3, -0.25) is 4.98 Å². The van der Waals surface area contributed by atoms with E-state index in [1.165, 1.54) is 0 Å². The molecule has 1 heterocycles. The van der Waals surface area contributed by atoms with Crippen molar-refractivity contribution in [3.63, 3.8) is 0 Å². The van der Waals surface area contributed by atoms with Crippen LogP contribution in [0.2, 0.25) is 0 Å². The van der Waals surface area contributed by atoms with Crippen LogP contribution < -0.4 is 0 Å². The molecule has 1 aromatic rings. The first-order valence-electron chi connectivity index (χ1n) is 3.73. The normalized spacial score (nSPS) is 10.7. The molecule has 0 amide bonds. The molecule has 15 heavy (non-hydrogen) atoms. The van der Waals surface area contributed by atoms with E-state index in [1.807, 2.05) is 0 Å². The summed E-state index contributed by atoms with van der Waals surface area (Å²) in [5, 5.41) is 9.16. The summed E-state index contributed by atoms with van der Waals surface area (Å²) in [6, 6.07) is 0. The molecule has 0 unspecified atom stereocenters. The second kappa shape index (κ2) is 5.15. The molecule has 0 bridgehead atoms. The van der Waals surface area contributed by atoms with E-state index >= 15 is 0 Å². The van der Waals surface area contributed by atoms with Gasteiger partial charge < -0.3 is 5.11 Å². The summed E-state index contributed by atoms with van der Waals surface area (Å²) < 4.78 is 25.2. The predicted molar refractivity (Wildman–Crippen MR) is 61.5 cm³/mol. The molecule has 0 saturated heterocycles. The molecule has 0 spiro atoms. The lowest BCUT2D eigenvalue weighted by atomic mass is 10.1. The number of aromatic carboxylic acids is 1. The molecule has 1 rings (SSSR count). The van der Waals surface area contributed by atoms with Gasteiger partial charge in [-0.2, -0.15) is 0 Å². The van der Waals surface area contributed by atoms with E-state index in [4.69, 9.17) is 5.11 Å². The molecule has 0 aliphatic rings.